The Labute approximate surface area is 121 Å². The highest BCUT2D eigenvalue weighted by Crippen LogP contribution is 2.43. The minimum atomic E-state index is -0.238. The molecule has 0 aromatic rings. The Morgan fingerprint density at radius 2 is 2.00 bits per heavy atom. The summed E-state index contributed by atoms with van der Waals surface area (Å²) < 4.78 is 5.57. The standard InChI is InChI=1S/C14H24N2O2.ClH/c17-13(12-10-15-7-9-18-12)16-8-6-14(11-16)4-2-1-3-5-14;/h12,15H,1-11H2;1H. The molecule has 110 valence electrons. The third-order valence-corrected chi connectivity index (χ3v) is 4.87. The van der Waals surface area contributed by atoms with Gasteiger partial charge < -0.3 is 15.0 Å². The van der Waals surface area contributed by atoms with Gasteiger partial charge in [-0.2, -0.15) is 0 Å². The van der Waals surface area contributed by atoms with Gasteiger partial charge in [0.25, 0.3) is 5.91 Å². The van der Waals surface area contributed by atoms with Gasteiger partial charge in [-0.3, -0.25) is 4.79 Å². The lowest BCUT2D eigenvalue weighted by molar-refractivity contribution is -0.144. The first-order valence-electron chi connectivity index (χ1n) is 7.40. The molecule has 0 aromatic heterocycles. The zero-order valence-corrected chi connectivity index (χ0v) is 12.3. The highest BCUT2D eigenvalue weighted by molar-refractivity contribution is 5.85. The van der Waals surface area contributed by atoms with Crippen LogP contribution < -0.4 is 5.32 Å². The van der Waals surface area contributed by atoms with Crippen LogP contribution in [0, 0.1) is 5.41 Å². The summed E-state index contributed by atoms with van der Waals surface area (Å²) in [7, 11) is 0. The second kappa shape index (κ2) is 6.42. The fraction of sp³-hybridized carbons (Fsp3) is 0.929. The van der Waals surface area contributed by atoms with Crippen molar-refractivity contribution < 1.29 is 9.53 Å². The van der Waals surface area contributed by atoms with E-state index in [2.05, 4.69) is 10.2 Å². The summed E-state index contributed by atoms with van der Waals surface area (Å²) in [4.78, 5) is 14.4. The van der Waals surface area contributed by atoms with Crippen molar-refractivity contribution in [1.82, 2.24) is 10.2 Å². The van der Waals surface area contributed by atoms with E-state index in [1.54, 1.807) is 0 Å². The fourth-order valence-electron chi connectivity index (χ4n) is 3.76. The molecule has 2 aliphatic heterocycles. The number of likely N-dealkylation sites (tertiary alicyclic amines) is 1. The van der Waals surface area contributed by atoms with E-state index in [-0.39, 0.29) is 24.4 Å². The van der Waals surface area contributed by atoms with E-state index in [0.717, 1.165) is 19.6 Å². The van der Waals surface area contributed by atoms with Crippen LogP contribution in [0.25, 0.3) is 0 Å². The Balaban J connectivity index is 0.00000133. The molecule has 2 heterocycles. The van der Waals surface area contributed by atoms with Crippen molar-refractivity contribution in [1.29, 1.82) is 0 Å². The summed E-state index contributed by atoms with van der Waals surface area (Å²) in [5, 5.41) is 3.24. The van der Waals surface area contributed by atoms with Gasteiger partial charge in [-0.15, -0.1) is 12.4 Å². The van der Waals surface area contributed by atoms with Gasteiger partial charge in [-0.05, 0) is 24.7 Å². The lowest BCUT2D eigenvalue weighted by Crippen LogP contribution is -2.49. The van der Waals surface area contributed by atoms with Crippen molar-refractivity contribution in [2.24, 2.45) is 5.41 Å². The van der Waals surface area contributed by atoms with Gasteiger partial charge in [0.05, 0.1) is 6.61 Å². The number of rotatable bonds is 1. The van der Waals surface area contributed by atoms with Crippen molar-refractivity contribution in [2.75, 3.05) is 32.8 Å². The number of morpholine rings is 1. The molecule has 1 unspecified atom stereocenters. The molecular formula is C14H25ClN2O2. The molecule has 19 heavy (non-hydrogen) atoms. The van der Waals surface area contributed by atoms with Crippen molar-refractivity contribution in [2.45, 2.75) is 44.6 Å². The third-order valence-electron chi connectivity index (χ3n) is 4.87. The molecule has 4 nitrogen and oxygen atoms in total. The zero-order valence-electron chi connectivity index (χ0n) is 11.5. The zero-order chi connectivity index (χ0) is 12.4. The topological polar surface area (TPSA) is 41.6 Å². The van der Waals surface area contributed by atoms with Crippen LogP contribution in [-0.4, -0.2) is 49.7 Å². The van der Waals surface area contributed by atoms with E-state index in [1.165, 1.54) is 38.5 Å². The Morgan fingerprint density at radius 1 is 1.21 bits per heavy atom. The monoisotopic (exact) mass is 288 g/mol. The SMILES string of the molecule is Cl.O=C(C1CNCCO1)N1CCC2(CCCCC2)C1. The third kappa shape index (κ3) is 3.23. The molecule has 5 heteroatoms. The Hall–Kier alpha value is -0.320. The Kier molecular flexibility index (Phi) is 5.09. The van der Waals surface area contributed by atoms with Gasteiger partial charge in [0, 0.05) is 26.2 Å². The van der Waals surface area contributed by atoms with Crippen LogP contribution in [-0.2, 0) is 9.53 Å². The van der Waals surface area contributed by atoms with Crippen LogP contribution in [0.5, 0.6) is 0 Å². The summed E-state index contributed by atoms with van der Waals surface area (Å²) in [5.41, 5.74) is 0.454. The molecule has 1 N–H and O–H groups in total. The van der Waals surface area contributed by atoms with Gasteiger partial charge in [0.15, 0.2) is 0 Å². The van der Waals surface area contributed by atoms with Crippen LogP contribution in [0.1, 0.15) is 38.5 Å². The molecule has 1 amide bonds. The number of amides is 1. The van der Waals surface area contributed by atoms with Crippen LogP contribution in [0.3, 0.4) is 0 Å². The molecule has 1 atom stereocenters. The minimum absolute atomic E-state index is 0. The molecule has 0 aromatic carbocycles. The van der Waals surface area contributed by atoms with E-state index in [0.29, 0.717) is 18.6 Å². The first-order chi connectivity index (χ1) is 8.79. The Bertz CT molecular complexity index is 313. The predicted molar refractivity (Wildman–Crippen MR) is 76.6 cm³/mol. The quantitative estimate of drug-likeness (QED) is 0.796. The maximum Gasteiger partial charge on any atom is 0.253 e. The molecular weight excluding hydrogens is 264 g/mol. The number of carbonyl (C=O) groups excluding carboxylic acids is 1. The van der Waals surface area contributed by atoms with E-state index in [4.69, 9.17) is 4.74 Å². The first kappa shape index (κ1) is 15.1. The summed E-state index contributed by atoms with van der Waals surface area (Å²) in [6.45, 7) is 4.13. The van der Waals surface area contributed by atoms with Gasteiger partial charge in [0.2, 0.25) is 0 Å². The van der Waals surface area contributed by atoms with E-state index in [1.807, 2.05) is 0 Å². The number of nitrogens with zero attached hydrogens (tertiary/aromatic N) is 1. The largest absolute Gasteiger partial charge is 0.366 e. The highest BCUT2D eigenvalue weighted by atomic mass is 35.5. The number of hydrogen-bond donors (Lipinski definition) is 1. The number of ether oxygens (including phenoxy) is 1. The average molecular weight is 289 g/mol. The lowest BCUT2D eigenvalue weighted by atomic mass is 9.73. The summed E-state index contributed by atoms with van der Waals surface area (Å²) in [5.74, 6) is 0.213. The minimum Gasteiger partial charge on any atom is -0.366 e. The van der Waals surface area contributed by atoms with Crippen LogP contribution in [0.2, 0.25) is 0 Å². The van der Waals surface area contributed by atoms with Crippen LogP contribution in [0.4, 0.5) is 0 Å². The van der Waals surface area contributed by atoms with E-state index >= 15 is 0 Å². The van der Waals surface area contributed by atoms with Gasteiger partial charge in [-0.1, -0.05) is 19.3 Å². The van der Waals surface area contributed by atoms with Crippen molar-refractivity contribution in [3.63, 3.8) is 0 Å². The average Bonchev–Trinajstić information content (AvgIpc) is 2.83. The maximum atomic E-state index is 12.4. The Morgan fingerprint density at radius 3 is 2.68 bits per heavy atom. The van der Waals surface area contributed by atoms with Crippen molar-refractivity contribution in [3.8, 4) is 0 Å². The first-order valence-corrected chi connectivity index (χ1v) is 7.40. The second-order valence-corrected chi connectivity index (χ2v) is 6.13. The summed E-state index contributed by atoms with van der Waals surface area (Å²) in [6.07, 6.45) is 7.69. The van der Waals surface area contributed by atoms with Gasteiger partial charge in [-0.25, -0.2) is 0 Å². The summed E-state index contributed by atoms with van der Waals surface area (Å²) in [6, 6.07) is 0. The lowest BCUT2D eigenvalue weighted by Gasteiger charge is -2.34. The van der Waals surface area contributed by atoms with Crippen molar-refractivity contribution in [3.05, 3.63) is 0 Å². The summed E-state index contributed by atoms with van der Waals surface area (Å²) >= 11 is 0. The highest BCUT2D eigenvalue weighted by Gasteiger charge is 2.42. The maximum absolute atomic E-state index is 12.4. The van der Waals surface area contributed by atoms with Gasteiger partial charge >= 0.3 is 0 Å². The smallest absolute Gasteiger partial charge is 0.253 e. The van der Waals surface area contributed by atoms with Crippen LogP contribution >= 0.6 is 12.4 Å². The van der Waals surface area contributed by atoms with E-state index in [9.17, 15) is 4.79 Å². The fourth-order valence-corrected chi connectivity index (χ4v) is 3.76. The molecule has 3 aliphatic rings. The normalized spacial score (nSPS) is 30.1. The molecule has 1 saturated carbocycles. The molecule has 3 fully saturated rings. The molecule has 0 bridgehead atoms. The van der Waals surface area contributed by atoms with Crippen molar-refractivity contribution >= 4 is 18.3 Å². The molecule has 2 saturated heterocycles. The van der Waals surface area contributed by atoms with Crippen LogP contribution in [0.15, 0.2) is 0 Å². The van der Waals surface area contributed by atoms with E-state index < -0.39 is 0 Å². The molecule has 1 aliphatic carbocycles. The van der Waals surface area contributed by atoms with Gasteiger partial charge in [0.1, 0.15) is 6.10 Å². The molecule has 1 spiro atoms. The molecule has 3 rings (SSSR count). The number of halogens is 1. The number of nitrogens with one attached hydrogen (secondary N) is 1. The number of carbonyl (C=O) groups is 1. The molecule has 0 radical (unpaired) electrons. The number of hydrogen-bond acceptors (Lipinski definition) is 3. The predicted octanol–water partition coefficient (Wildman–Crippen LogP) is 1.58. The second-order valence-electron chi connectivity index (χ2n) is 6.13.